The van der Waals surface area contributed by atoms with Crippen LogP contribution in [-0.4, -0.2) is 69.1 Å². The number of likely N-dealkylation sites (tertiary alicyclic amines) is 1. The van der Waals surface area contributed by atoms with Crippen molar-refractivity contribution in [3.8, 4) is 17.3 Å². The van der Waals surface area contributed by atoms with Gasteiger partial charge in [-0.3, -0.25) is 0 Å². The largest absolute Gasteiger partial charge is 0.465 e. The van der Waals surface area contributed by atoms with Crippen molar-refractivity contribution >= 4 is 17.1 Å². The summed E-state index contributed by atoms with van der Waals surface area (Å²) in [5.41, 5.74) is 1.42. The summed E-state index contributed by atoms with van der Waals surface area (Å²) in [4.78, 5) is 22.6. The summed E-state index contributed by atoms with van der Waals surface area (Å²) in [6.07, 6.45) is 4.97. The van der Waals surface area contributed by atoms with E-state index in [2.05, 4.69) is 30.5 Å². The van der Waals surface area contributed by atoms with Crippen LogP contribution in [0.3, 0.4) is 0 Å². The Hall–Kier alpha value is -4.09. The van der Waals surface area contributed by atoms with Crippen LogP contribution < -0.4 is 4.74 Å². The Kier molecular flexibility index (Phi) is 4.42. The molecular weight excluding hydrogens is 390 g/mol. The molecule has 0 atom stereocenters. The van der Waals surface area contributed by atoms with E-state index in [4.69, 9.17) is 9.84 Å². The molecule has 1 aliphatic rings. The average Bonchev–Trinajstić information content (AvgIpc) is 3.45. The third-order valence-electron chi connectivity index (χ3n) is 5.07. The number of benzene rings is 1. The molecule has 1 aliphatic heterocycles. The highest BCUT2D eigenvalue weighted by molar-refractivity contribution is 5.80. The minimum atomic E-state index is -0.887. The second-order valence-corrected chi connectivity index (χ2v) is 6.83. The molecule has 5 rings (SSSR count). The van der Waals surface area contributed by atoms with E-state index in [0.717, 1.165) is 5.69 Å². The highest BCUT2D eigenvalue weighted by atomic mass is 16.5. The fourth-order valence-corrected chi connectivity index (χ4v) is 3.54. The molecular formula is C18H17N9O3. The number of nitrogens with zero attached hydrogens (tertiary/aromatic N) is 9. The van der Waals surface area contributed by atoms with Gasteiger partial charge >= 0.3 is 6.09 Å². The maximum absolute atomic E-state index is 11.1. The van der Waals surface area contributed by atoms with Crippen molar-refractivity contribution in [2.45, 2.75) is 18.9 Å². The van der Waals surface area contributed by atoms with Gasteiger partial charge in [-0.15, -0.1) is 15.0 Å². The number of piperidine rings is 1. The fraction of sp³-hybridized carbons (Fsp3) is 0.278. The lowest BCUT2D eigenvalue weighted by Gasteiger charge is -2.30. The Labute approximate surface area is 169 Å². The van der Waals surface area contributed by atoms with Gasteiger partial charge in [0.1, 0.15) is 17.5 Å². The first-order chi connectivity index (χ1) is 14.7. The molecule has 30 heavy (non-hydrogen) atoms. The fourth-order valence-electron chi connectivity index (χ4n) is 3.54. The monoisotopic (exact) mass is 407 g/mol. The Morgan fingerprint density at radius 3 is 2.57 bits per heavy atom. The summed E-state index contributed by atoms with van der Waals surface area (Å²) in [6.45, 7) is 0.950. The average molecular weight is 407 g/mol. The lowest BCUT2D eigenvalue weighted by atomic mass is 10.1. The van der Waals surface area contributed by atoms with Gasteiger partial charge in [0.2, 0.25) is 5.88 Å². The standard InChI is InChI=1S/C18H17N9O3/c28-18(29)25-7-5-12(6-8-25)26-16-15(9-22-26)17(20-10-19-16)30-14-3-1-13(2-4-14)27-23-11-21-24-27/h1-4,9-12H,5-8H2,(H,28,29). The van der Waals surface area contributed by atoms with Gasteiger partial charge in [0.05, 0.1) is 17.9 Å². The number of aromatic nitrogens is 8. The predicted octanol–water partition coefficient (Wildman–Crippen LogP) is 1.91. The van der Waals surface area contributed by atoms with Crippen LogP contribution in [0.2, 0.25) is 0 Å². The zero-order valence-electron chi connectivity index (χ0n) is 15.7. The first-order valence-electron chi connectivity index (χ1n) is 9.36. The highest BCUT2D eigenvalue weighted by Gasteiger charge is 2.26. The summed E-state index contributed by atoms with van der Waals surface area (Å²) in [6, 6.07) is 7.29. The molecule has 1 aromatic carbocycles. The number of carbonyl (C=O) groups is 1. The van der Waals surface area contributed by atoms with Crippen LogP contribution in [0.1, 0.15) is 18.9 Å². The number of hydrogen-bond acceptors (Lipinski definition) is 8. The molecule has 1 amide bonds. The van der Waals surface area contributed by atoms with Crippen molar-refractivity contribution < 1.29 is 14.6 Å². The predicted molar refractivity (Wildman–Crippen MR) is 102 cm³/mol. The molecule has 1 fully saturated rings. The summed E-state index contributed by atoms with van der Waals surface area (Å²) < 4.78 is 7.79. The Bertz CT molecular complexity index is 1170. The van der Waals surface area contributed by atoms with Gasteiger partial charge in [-0.05, 0) is 42.3 Å². The third-order valence-corrected chi connectivity index (χ3v) is 5.07. The molecule has 0 aliphatic carbocycles. The Morgan fingerprint density at radius 2 is 1.87 bits per heavy atom. The second-order valence-electron chi connectivity index (χ2n) is 6.83. The summed E-state index contributed by atoms with van der Waals surface area (Å²) >= 11 is 0. The van der Waals surface area contributed by atoms with Crippen LogP contribution in [0.5, 0.6) is 11.6 Å². The van der Waals surface area contributed by atoms with Crippen LogP contribution >= 0.6 is 0 Å². The zero-order chi connectivity index (χ0) is 20.5. The van der Waals surface area contributed by atoms with Gasteiger partial charge in [0, 0.05) is 13.1 Å². The number of tetrazole rings is 1. The number of hydrogen-bond donors (Lipinski definition) is 1. The molecule has 12 nitrogen and oxygen atoms in total. The zero-order valence-corrected chi connectivity index (χ0v) is 15.7. The van der Waals surface area contributed by atoms with Crippen LogP contribution in [0, 0.1) is 0 Å². The molecule has 1 saturated heterocycles. The number of fused-ring (bicyclic) bond motifs is 1. The summed E-state index contributed by atoms with van der Waals surface area (Å²) in [5.74, 6) is 1.00. The minimum absolute atomic E-state index is 0.0790. The van der Waals surface area contributed by atoms with E-state index >= 15 is 0 Å². The second kappa shape index (κ2) is 7.39. The van der Waals surface area contributed by atoms with Crippen molar-refractivity contribution in [2.75, 3.05) is 13.1 Å². The maximum Gasteiger partial charge on any atom is 0.407 e. The Morgan fingerprint density at radius 1 is 1.07 bits per heavy atom. The normalized spacial score (nSPS) is 14.9. The Balaban J connectivity index is 1.37. The van der Waals surface area contributed by atoms with Crippen molar-refractivity contribution in [1.29, 1.82) is 0 Å². The van der Waals surface area contributed by atoms with Gasteiger partial charge in [0.15, 0.2) is 12.0 Å². The van der Waals surface area contributed by atoms with E-state index in [1.165, 1.54) is 22.4 Å². The van der Waals surface area contributed by atoms with E-state index in [1.54, 1.807) is 18.3 Å². The number of ether oxygens (including phenoxy) is 1. The van der Waals surface area contributed by atoms with E-state index in [9.17, 15) is 4.79 Å². The topological polar surface area (TPSA) is 137 Å². The van der Waals surface area contributed by atoms with Crippen LogP contribution in [0.15, 0.2) is 43.1 Å². The smallest absolute Gasteiger partial charge is 0.407 e. The van der Waals surface area contributed by atoms with Crippen molar-refractivity contribution in [3.63, 3.8) is 0 Å². The minimum Gasteiger partial charge on any atom is -0.465 e. The van der Waals surface area contributed by atoms with Crippen molar-refractivity contribution in [2.24, 2.45) is 0 Å². The van der Waals surface area contributed by atoms with Gasteiger partial charge in [-0.25, -0.2) is 19.4 Å². The number of rotatable bonds is 4. The molecule has 0 radical (unpaired) electrons. The van der Waals surface area contributed by atoms with E-state index in [-0.39, 0.29) is 6.04 Å². The molecule has 0 unspecified atom stereocenters. The quantitative estimate of drug-likeness (QED) is 0.537. The number of amides is 1. The molecule has 4 aromatic rings. The van der Waals surface area contributed by atoms with Gasteiger partial charge in [-0.1, -0.05) is 0 Å². The van der Waals surface area contributed by atoms with Crippen molar-refractivity contribution in [3.05, 3.63) is 43.1 Å². The summed E-state index contributed by atoms with van der Waals surface area (Å²) in [7, 11) is 0. The molecule has 3 aromatic heterocycles. The SMILES string of the molecule is O=C(O)N1CCC(n2ncc3c(Oc4ccc(-n5ncnn5)cc4)ncnc32)CC1. The van der Waals surface area contributed by atoms with Gasteiger partial charge in [-0.2, -0.15) is 5.10 Å². The molecule has 152 valence electrons. The van der Waals surface area contributed by atoms with E-state index in [1.807, 2.05) is 16.8 Å². The van der Waals surface area contributed by atoms with E-state index < -0.39 is 6.09 Å². The van der Waals surface area contributed by atoms with Crippen LogP contribution in [-0.2, 0) is 0 Å². The van der Waals surface area contributed by atoms with Gasteiger partial charge in [0.25, 0.3) is 0 Å². The molecule has 12 heteroatoms. The number of carboxylic acid groups (broad SMARTS) is 1. The summed E-state index contributed by atoms with van der Waals surface area (Å²) in [5, 5.41) is 25.8. The maximum atomic E-state index is 11.1. The molecule has 0 saturated carbocycles. The van der Waals surface area contributed by atoms with E-state index in [0.29, 0.717) is 48.6 Å². The van der Waals surface area contributed by atoms with Gasteiger partial charge < -0.3 is 14.7 Å². The lowest BCUT2D eigenvalue weighted by Crippen LogP contribution is -2.38. The first kappa shape index (κ1) is 18.0. The van der Waals surface area contributed by atoms with Crippen LogP contribution in [0.25, 0.3) is 16.7 Å². The molecule has 0 bridgehead atoms. The molecule has 0 spiro atoms. The van der Waals surface area contributed by atoms with Crippen molar-refractivity contribution in [1.82, 2.24) is 44.9 Å². The molecule has 1 N–H and O–H groups in total. The first-order valence-corrected chi connectivity index (χ1v) is 9.36. The van der Waals surface area contributed by atoms with Crippen LogP contribution in [0.4, 0.5) is 4.79 Å². The molecule has 4 heterocycles. The lowest BCUT2D eigenvalue weighted by molar-refractivity contribution is 0.124. The third kappa shape index (κ3) is 3.27. The highest BCUT2D eigenvalue weighted by Crippen LogP contribution is 2.30.